The summed E-state index contributed by atoms with van der Waals surface area (Å²) in [5.41, 5.74) is 1.70. The number of hydrogen-bond acceptors (Lipinski definition) is 8. The Hall–Kier alpha value is -4.35. The van der Waals surface area contributed by atoms with E-state index in [1.807, 2.05) is 6.92 Å². The van der Waals surface area contributed by atoms with E-state index in [9.17, 15) is 24.5 Å². The second kappa shape index (κ2) is 12.5. The molecule has 0 spiro atoms. The summed E-state index contributed by atoms with van der Waals surface area (Å²) in [6.07, 6.45) is 1.54. The summed E-state index contributed by atoms with van der Waals surface area (Å²) in [5.74, 6) is -0.279. The first-order valence-electron chi connectivity index (χ1n) is 11.7. The first-order valence-corrected chi connectivity index (χ1v) is 12.9. The predicted octanol–water partition coefficient (Wildman–Crippen LogP) is 5.90. The predicted molar refractivity (Wildman–Crippen MR) is 148 cm³/mol. The number of nitro benzene ring substituents is 1. The molecule has 3 amide bonds. The fourth-order valence-corrected chi connectivity index (χ4v) is 4.58. The van der Waals surface area contributed by atoms with Gasteiger partial charge in [0.05, 0.1) is 27.1 Å². The number of hydrogen-bond donors (Lipinski definition) is 1. The lowest BCUT2D eigenvalue weighted by Gasteiger charge is -2.13. The van der Waals surface area contributed by atoms with Crippen LogP contribution < -0.4 is 14.8 Å². The third-order valence-corrected chi connectivity index (χ3v) is 6.67. The molecule has 1 aliphatic heterocycles. The van der Waals surface area contributed by atoms with E-state index in [0.29, 0.717) is 34.4 Å². The smallest absolute Gasteiger partial charge is 0.294 e. The van der Waals surface area contributed by atoms with E-state index in [4.69, 9.17) is 21.1 Å². The molecule has 1 N–H and O–H groups in total. The van der Waals surface area contributed by atoms with Gasteiger partial charge in [-0.3, -0.25) is 29.4 Å². The Kier molecular flexibility index (Phi) is 8.84. The van der Waals surface area contributed by atoms with Gasteiger partial charge in [0.2, 0.25) is 5.91 Å². The van der Waals surface area contributed by atoms with Gasteiger partial charge in [-0.15, -0.1) is 0 Å². The fourth-order valence-electron chi connectivity index (χ4n) is 3.56. The first kappa shape index (κ1) is 27.7. The van der Waals surface area contributed by atoms with Crippen molar-refractivity contribution in [3.8, 4) is 11.5 Å². The summed E-state index contributed by atoms with van der Waals surface area (Å²) in [6, 6.07) is 17.7. The van der Waals surface area contributed by atoms with Crippen LogP contribution in [0.4, 0.5) is 16.2 Å². The maximum Gasteiger partial charge on any atom is 0.294 e. The standard InChI is InChI=1S/C27H22ClN3O7S/c1-2-37-23-13-18(9-12-22(23)38-16-17-7-10-19(11-8-17)31(35)36)14-24-26(33)30(27(34)39-24)15-25(32)29-21-6-4-3-5-20(21)28/h3-14H,2,15-16H2,1H3,(H,29,32)/b24-14+. The molecule has 3 aromatic rings. The van der Waals surface area contributed by atoms with E-state index >= 15 is 0 Å². The lowest BCUT2D eigenvalue weighted by Crippen LogP contribution is -2.36. The number of benzene rings is 3. The number of ether oxygens (including phenoxy) is 2. The van der Waals surface area contributed by atoms with Gasteiger partial charge in [-0.05, 0) is 72.3 Å². The molecule has 0 radical (unpaired) electrons. The summed E-state index contributed by atoms with van der Waals surface area (Å²) in [7, 11) is 0. The number of nitro groups is 1. The zero-order valence-corrected chi connectivity index (χ0v) is 22.2. The van der Waals surface area contributed by atoms with Crippen LogP contribution in [0, 0.1) is 10.1 Å². The number of carbonyl (C=O) groups is 3. The number of anilines is 1. The molecular weight excluding hydrogens is 546 g/mol. The average Bonchev–Trinajstić information content (AvgIpc) is 3.17. The Bertz CT molecular complexity index is 1460. The van der Waals surface area contributed by atoms with E-state index in [-0.39, 0.29) is 17.2 Å². The molecule has 10 nitrogen and oxygen atoms in total. The topological polar surface area (TPSA) is 128 Å². The number of carbonyl (C=O) groups excluding carboxylic acids is 3. The van der Waals surface area contributed by atoms with Crippen LogP contribution in [0.5, 0.6) is 11.5 Å². The molecule has 1 aliphatic rings. The van der Waals surface area contributed by atoms with Crippen molar-refractivity contribution in [3.63, 3.8) is 0 Å². The Labute approximate surface area is 232 Å². The lowest BCUT2D eigenvalue weighted by atomic mass is 10.1. The molecule has 1 heterocycles. The first-order chi connectivity index (χ1) is 18.7. The van der Waals surface area contributed by atoms with E-state index < -0.39 is 28.5 Å². The number of para-hydroxylation sites is 1. The van der Waals surface area contributed by atoms with Gasteiger partial charge in [0.1, 0.15) is 13.2 Å². The van der Waals surface area contributed by atoms with Gasteiger partial charge in [-0.1, -0.05) is 29.8 Å². The molecule has 0 aliphatic carbocycles. The molecule has 39 heavy (non-hydrogen) atoms. The third kappa shape index (κ3) is 6.95. The second-order valence-electron chi connectivity index (χ2n) is 8.15. The largest absolute Gasteiger partial charge is 0.490 e. The highest BCUT2D eigenvalue weighted by molar-refractivity contribution is 8.18. The summed E-state index contributed by atoms with van der Waals surface area (Å²) < 4.78 is 11.5. The van der Waals surface area contributed by atoms with E-state index in [1.54, 1.807) is 60.7 Å². The molecule has 1 fully saturated rings. The summed E-state index contributed by atoms with van der Waals surface area (Å²) >= 11 is 6.79. The summed E-state index contributed by atoms with van der Waals surface area (Å²) in [6.45, 7) is 1.87. The van der Waals surface area contributed by atoms with Gasteiger partial charge in [-0.25, -0.2) is 0 Å². The van der Waals surface area contributed by atoms with Crippen LogP contribution in [-0.2, 0) is 16.2 Å². The molecular formula is C27H22ClN3O7S. The average molecular weight is 568 g/mol. The maximum atomic E-state index is 12.9. The minimum absolute atomic E-state index is 0.0104. The highest BCUT2D eigenvalue weighted by atomic mass is 35.5. The molecule has 3 aromatic carbocycles. The number of nitrogens with one attached hydrogen (secondary N) is 1. The number of rotatable bonds is 10. The van der Waals surface area contributed by atoms with Crippen molar-refractivity contribution < 1.29 is 28.8 Å². The third-order valence-electron chi connectivity index (χ3n) is 5.43. The van der Waals surface area contributed by atoms with Gasteiger partial charge < -0.3 is 14.8 Å². The number of halogens is 1. The normalized spacial score (nSPS) is 14.0. The van der Waals surface area contributed by atoms with Crippen LogP contribution in [-0.4, -0.2) is 40.0 Å². The van der Waals surface area contributed by atoms with Crippen molar-refractivity contribution in [1.82, 2.24) is 4.90 Å². The number of thioether (sulfide) groups is 1. The zero-order chi connectivity index (χ0) is 27.9. The minimum Gasteiger partial charge on any atom is -0.490 e. The molecule has 4 rings (SSSR count). The summed E-state index contributed by atoms with van der Waals surface area (Å²) in [5, 5.41) is 13.2. The number of amides is 3. The quantitative estimate of drug-likeness (QED) is 0.182. The monoisotopic (exact) mass is 567 g/mol. The van der Waals surface area contributed by atoms with Gasteiger partial charge in [0, 0.05) is 12.1 Å². The SMILES string of the molecule is CCOc1cc(/C=C2/SC(=O)N(CC(=O)Nc3ccccc3Cl)C2=O)ccc1OCc1ccc([N+](=O)[O-])cc1. The molecule has 200 valence electrons. The van der Waals surface area contributed by atoms with Crippen LogP contribution >= 0.6 is 23.4 Å². The highest BCUT2D eigenvalue weighted by Gasteiger charge is 2.36. The van der Waals surface area contributed by atoms with Crippen LogP contribution in [0.15, 0.2) is 71.6 Å². The minimum atomic E-state index is -0.587. The van der Waals surface area contributed by atoms with Crippen molar-refractivity contribution in [1.29, 1.82) is 0 Å². The Morgan fingerprint density at radius 3 is 2.51 bits per heavy atom. The highest BCUT2D eigenvalue weighted by Crippen LogP contribution is 2.35. The molecule has 0 unspecified atom stereocenters. The zero-order valence-electron chi connectivity index (χ0n) is 20.6. The summed E-state index contributed by atoms with van der Waals surface area (Å²) in [4.78, 5) is 49.2. The molecule has 1 saturated heterocycles. The molecule has 0 saturated carbocycles. The Balaban J connectivity index is 1.44. The fraction of sp³-hybridized carbons (Fsp3) is 0.148. The maximum absolute atomic E-state index is 12.9. The molecule has 0 bridgehead atoms. The van der Waals surface area contributed by atoms with Gasteiger partial charge in [-0.2, -0.15) is 0 Å². The van der Waals surface area contributed by atoms with Crippen molar-refractivity contribution >= 4 is 57.9 Å². The van der Waals surface area contributed by atoms with E-state index in [1.165, 1.54) is 12.1 Å². The van der Waals surface area contributed by atoms with Gasteiger partial charge in [0.25, 0.3) is 16.8 Å². The molecule has 0 atom stereocenters. The molecule has 0 aromatic heterocycles. The molecule has 12 heteroatoms. The van der Waals surface area contributed by atoms with E-state index in [0.717, 1.165) is 22.2 Å². The van der Waals surface area contributed by atoms with Crippen molar-refractivity contribution in [2.24, 2.45) is 0 Å². The Morgan fingerprint density at radius 1 is 1.08 bits per heavy atom. The van der Waals surface area contributed by atoms with Crippen molar-refractivity contribution in [2.75, 3.05) is 18.5 Å². The van der Waals surface area contributed by atoms with Gasteiger partial charge >= 0.3 is 0 Å². The van der Waals surface area contributed by atoms with Crippen molar-refractivity contribution in [2.45, 2.75) is 13.5 Å². The van der Waals surface area contributed by atoms with Crippen molar-refractivity contribution in [3.05, 3.63) is 97.9 Å². The van der Waals surface area contributed by atoms with Crippen LogP contribution in [0.25, 0.3) is 6.08 Å². The van der Waals surface area contributed by atoms with Crippen LogP contribution in [0.3, 0.4) is 0 Å². The Morgan fingerprint density at radius 2 is 1.82 bits per heavy atom. The van der Waals surface area contributed by atoms with Crippen LogP contribution in [0.1, 0.15) is 18.1 Å². The van der Waals surface area contributed by atoms with Gasteiger partial charge in [0.15, 0.2) is 11.5 Å². The number of non-ortho nitro benzene ring substituents is 1. The second-order valence-corrected chi connectivity index (χ2v) is 9.55. The number of imide groups is 1. The lowest BCUT2D eigenvalue weighted by molar-refractivity contribution is -0.384. The van der Waals surface area contributed by atoms with Crippen LogP contribution in [0.2, 0.25) is 5.02 Å². The van der Waals surface area contributed by atoms with E-state index in [2.05, 4.69) is 5.32 Å². The number of nitrogens with zero attached hydrogens (tertiary/aromatic N) is 2.